The molecule has 1 aromatic rings. The summed E-state index contributed by atoms with van der Waals surface area (Å²) in [6, 6.07) is 5.64. The van der Waals surface area contributed by atoms with Gasteiger partial charge in [0.15, 0.2) is 5.84 Å². The number of rotatable bonds is 4. The summed E-state index contributed by atoms with van der Waals surface area (Å²) in [5.41, 5.74) is 7.33. The van der Waals surface area contributed by atoms with Gasteiger partial charge in [-0.2, -0.15) is 0 Å². The standard InChI is InChI=1S/C12H16N2O2/c1-8-2-5-10(12(13)14-15)11(6-8)16-7-9-3-4-9/h2,5-6,9,15H,3-4,7H2,1H3,(H2,13,14). The number of amidine groups is 1. The zero-order valence-corrected chi connectivity index (χ0v) is 9.31. The van der Waals surface area contributed by atoms with Crippen LogP contribution in [0.2, 0.25) is 0 Å². The summed E-state index contributed by atoms with van der Waals surface area (Å²) < 4.78 is 5.69. The lowest BCUT2D eigenvalue weighted by atomic mass is 10.1. The Morgan fingerprint density at radius 3 is 2.94 bits per heavy atom. The van der Waals surface area contributed by atoms with Crippen LogP contribution in [0.25, 0.3) is 0 Å². The van der Waals surface area contributed by atoms with Crippen LogP contribution >= 0.6 is 0 Å². The third-order valence-electron chi connectivity index (χ3n) is 2.69. The molecule has 0 saturated heterocycles. The van der Waals surface area contributed by atoms with Gasteiger partial charge in [-0.3, -0.25) is 0 Å². The molecule has 0 aromatic heterocycles. The minimum atomic E-state index is 0.0887. The normalized spacial score (nSPS) is 16.2. The van der Waals surface area contributed by atoms with Crippen molar-refractivity contribution < 1.29 is 9.94 Å². The summed E-state index contributed by atoms with van der Waals surface area (Å²) in [7, 11) is 0. The third-order valence-corrected chi connectivity index (χ3v) is 2.69. The van der Waals surface area contributed by atoms with E-state index in [1.165, 1.54) is 12.8 Å². The van der Waals surface area contributed by atoms with Crippen LogP contribution in [0.4, 0.5) is 0 Å². The highest BCUT2D eigenvalue weighted by Crippen LogP contribution is 2.30. The maximum atomic E-state index is 8.68. The number of benzene rings is 1. The first-order chi connectivity index (χ1) is 7.70. The largest absolute Gasteiger partial charge is 0.493 e. The highest BCUT2D eigenvalue weighted by atomic mass is 16.5. The van der Waals surface area contributed by atoms with Crippen molar-refractivity contribution in [3.8, 4) is 5.75 Å². The van der Waals surface area contributed by atoms with Crippen LogP contribution in [0.15, 0.2) is 23.4 Å². The van der Waals surface area contributed by atoms with E-state index in [0.717, 1.165) is 12.2 Å². The summed E-state index contributed by atoms with van der Waals surface area (Å²) in [5.74, 6) is 1.47. The van der Waals surface area contributed by atoms with E-state index in [9.17, 15) is 0 Å². The fraction of sp³-hybridized carbons (Fsp3) is 0.417. The van der Waals surface area contributed by atoms with E-state index >= 15 is 0 Å². The van der Waals surface area contributed by atoms with E-state index in [4.69, 9.17) is 15.7 Å². The topological polar surface area (TPSA) is 67.8 Å². The van der Waals surface area contributed by atoms with Crippen molar-refractivity contribution in [3.05, 3.63) is 29.3 Å². The van der Waals surface area contributed by atoms with Crippen LogP contribution in [0, 0.1) is 12.8 Å². The summed E-state index contributed by atoms with van der Waals surface area (Å²) >= 11 is 0. The molecule has 0 unspecified atom stereocenters. The monoisotopic (exact) mass is 220 g/mol. The quantitative estimate of drug-likeness (QED) is 0.352. The number of oxime groups is 1. The van der Waals surface area contributed by atoms with Gasteiger partial charge >= 0.3 is 0 Å². The lowest BCUT2D eigenvalue weighted by molar-refractivity contribution is 0.297. The first kappa shape index (κ1) is 10.8. The Kier molecular flexibility index (Phi) is 2.99. The first-order valence-electron chi connectivity index (χ1n) is 5.42. The van der Waals surface area contributed by atoms with E-state index < -0.39 is 0 Å². The van der Waals surface area contributed by atoms with Crippen LogP contribution in [0.5, 0.6) is 5.75 Å². The molecule has 3 N–H and O–H groups in total. The number of hydrogen-bond donors (Lipinski definition) is 2. The zero-order valence-electron chi connectivity index (χ0n) is 9.31. The Morgan fingerprint density at radius 1 is 1.56 bits per heavy atom. The van der Waals surface area contributed by atoms with Crippen molar-refractivity contribution in [1.29, 1.82) is 0 Å². The van der Waals surface area contributed by atoms with Gasteiger partial charge in [-0.15, -0.1) is 0 Å². The number of hydrogen-bond acceptors (Lipinski definition) is 3. The molecule has 86 valence electrons. The number of aryl methyl sites for hydroxylation is 1. The summed E-state index contributed by atoms with van der Waals surface area (Å²) in [5, 5.41) is 11.7. The van der Waals surface area contributed by atoms with E-state index in [1.807, 2.05) is 25.1 Å². The predicted molar refractivity (Wildman–Crippen MR) is 61.9 cm³/mol. The van der Waals surface area contributed by atoms with Gasteiger partial charge in [0.25, 0.3) is 0 Å². The Morgan fingerprint density at radius 2 is 2.31 bits per heavy atom. The van der Waals surface area contributed by atoms with Crippen molar-refractivity contribution >= 4 is 5.84 Å². The molecular formula is C12H16N2O2. The number of ether oxygens (including phenoxy) is 1. The van der Waals surface area contributed by atoms with Gasteiger partial charge < -0.3 is 15.7 Å². The lowest BCUT2D eigenvalue weighted by Crippen LogP contribution is -2.15. The average molecular weight is 220 g/mol. The summed E-state index contributed by atoms with van der Waals surface area (Å²) in [6.45, 7) is 2.70. The highest BCUT2D eigenvalue weighted by Gasteiger charge is 2.22. The van der Waals surface area contributed by atoms with Gasteiger partial charge in [0, 0.05) is 0 Å². The zero-order chi connectivity index (χ0) is 11.5. The Hall–Kier alpha value is -1.71. The molecule has 1 aliphatic carbocycles. The van der Waals surface area contributed by atoms with Gasteiger partial charge in [0.1, 0.15) is 5.75 Å². The van der Waals surface area contributed by atoms with Crippen molar-refractivity contribution in [2.75, 3.05) is 6.61 Å². The van der Waals surface area contributed by atoms with Crippen LogP contribution in [-0.2, 0) is 0 Å². The minimum Gasteiger partial charge on any atom is -0.493 e. The van der Waals surface area contributed by atoms with Gasteiger partial charge in [0.2, 0.25) is 0 Å². The van der Waals surface area contributed by atoms with Crippen molar-refractivity contribution in [1.82, 2.24) is 0 Å². The van der Waals surface area contributed by atoms with Gasteiger partial charge in [-0.05, 0) is 43.4 Å². The Bertz CT molecular complexity index is 411. The molecule has 0 atom stereocenters. The second kappa shape index (κ2) is 4.43. The molecule has 16 heavy (non-hydrogen) atoms. The molecule has 0 spiro atoms. The number of nitrogens with zero attached hydrogens (tertiary/aromatic N) is 1. The predicted octanol–water partition coefficient (Wildman–Crippen LogP) is 1.88. The molecule has 1 fully saturated rings. The van der Waals surface area contributed by atoms with Gasteiger partial charge in [-0.1, -0.05) is 11.2 Å². The molecule has 0 bridgehead atoms. The van der Waals surface area contributed by atoms with Crippen molar-refractivity contribution in [2.45, 2.75) is 19.8 Å². The average Bonchev–Trinajstić information content (AvgIpc) is 3.09. The molecule has 4 nitrogen and oxygen atoms in total. The molecular weight excluding hydrogens is 204 g/mol. The van der Waals surface area contributed by atoms with Gasteiger partial charge in [-0.25, -0.2) is 0 Å². The Labute approximate surface area is 94.7 Å². The summed E-state index contributed by atoms with van der Waals surface area (Å²) in [4.78, 5) is 0. The molecule has 0 heterocycles. The minimum absolute atomic E-state index is 0.0887. The second-order valence-corrected chi connectivity index (χ2v) is 4.24. The van der Waals surface area contributed by atoms with Crippen LogP contribution < -0.4 is 10.5 Å². The Balaban J connectivity index is 2.20. The van der Waals surface area contributed by atoms with E-state index in [-0.39, 0.29) is 5.84 Å². The first-order valence-corrected chi connectivity index (χ1v) is 5.42. The number of nitrogens with two attached hydrogens (primary N) is 1. The molecule has 0 radical (unpaired) electrons. The second-order valence-electron chi connectivity index (χ2n) is 4.24. The van der Waals surface area contributed by atoms with Crippen LogP contribution in [0.3, 0.4) is 0 Å². The molecule has 0 aliphatic heterocycles. The van der Waals surface area contributed by atoms with E-state index in [2.05, 4.69) is 5.16 Å². The molecule has 0 amide bonds. The molecule has 4 heteroatoms. The third kappa shape index (κ3) is 2.45. The lowest BCUT2D eigenvalue weighted by Gasteiger charge is -2.11. The van der Waals surface area contributed by atoms with Crippen molar-refractivity contribution in [3.63, 3.8) is 0 Å². The van der Waals surface area contributed by atoms with E-state index in [1.54, 1.807) is 0 Å². The van der Waals surface area contributed by atoms with Crippen molar-refractivity contribution in [2.24, 2.45) is 16.8 Å². The summed E-state index contributed by atoms with van der Waals surface area (Å²) in [6.07, 6.45) is 2.48. The molecule has 1 aromatic carbocycles. The smallest absolute Gasteiger partial charge is 0.173 e. The van der Waals surface area contributed by atoms with Gasteiger partial charge in [0.05, 0.1) is 12.2 Å². The molecule has 1 aliphatic rings. The molecule has 1 saturated carbocycles. The maximum absolute atomic E-state index is 8.68. The fourth-order valence-corrected chi connectivity index (χ4v) is 1.51. The van der Waals surface area contributed by atoms with E-state index in [0.29, 0.717) is 17.2 Å². The highest BCUT2D eigenvalue weighted by molar-refractivity contribution is 5.99. The maximum Gasteiger partial charge on any atom is 0.173 e. The van der Waals surface area contributed by atoms with Crippen LogP contribution in [0.1, 0.15) is 24.0 Å². The molecule has 2 rings (SSSR count). The SMILES string of the molecule is Cc1ccc(C(N)=NO)c(OCC2CC2)c1. The van der Waals surface area contributed by atoms with Crippen LogP contribution in [-0.4, -0.2) is 17.6 Å². The fourth-order valence-electron chi connectivity index (χ4n) is 1.51.